The molecule has 0 fully saturated rings. The first-order valence-corrected chi connectivity index (χ1v) is 10.0. The topological polar surface area (TPSA) is 68.4 Å². The number of hydrogen-bond donors (Lipinski definition) is 1. The first-order chi connectivity index (χ1) is 12.5. The standard InChI is InChI=1S/C20H23NO4S/c1-4-5-10-25-26(22,23)20-9-6-14(2)11-17(20)18-13-21-19-8-7-15(24-3)12-16(18)19/h6-9,11-13,21H,4-5,10H2,1-3H3. The smallest absolute Gasteiger partial charge is 0.297 e. The van der Waals surface area contributed by atoms with Gasteiger partial charge in [0, 0.05) is 28.2 Å². The predicted octanol–water partition coefficient (Wildman–Crippen LogP) is 4.66. The van der Waals surface area contributed by atoms with Gasteiger partial charge in [-0.15, -0.1) is 0 Å². The van der Waals surface area contributed by atoms with Gasteiger partial charge in [-0.25, -0.2) is 0 Å². The van der Waals surface area contributed by atoms with Crippen molar-refractivity contribution in [2.45, 2.75) is 31.6 Å². The molecule has 0 saturated heterocycles. The highest BCUT2D eigenvalue weighted by atomic mass is 32.2. The summed E-state index contributed by atoms with van der Waals surface area (Å²) in [5.41, 5.74) is 3.32. The van der Waals surface area contributed by atoms with Crippen molar-refractivity contribution in [2.75, 3.05) is 13.7 Å². The van der Waals surface area contributed by atoms with E-state index in [1.165, 1.54) is 0 Å². The molecule has 0 bridgehead atoms. The Morgan fingerprint density at radius 3 is 2.62 bits per heavy atom. The summed E-state index contributed by atoms with van der Waals surface area (Å²) in [4.78, 5) is 3.38. The van der Waals surface area contributed by atoms with Crippen molar-refractivity contribution in [1.29, 1.82) is 0 Å². The van der Waals surface area contributed by atoms with Gasteiger partial charge in [-0.05, 0) is 43.7 Å². The molecule has 0 atom stereocenters. The number of benzene rings is 2. The van der Waals surface area contributed by atoms with Gasteiger partial charge < -0.3 is 9.72 Å². The molecule has 3 aromatic rings. The molecule has 1 N–H and O–H groups in total. The molecule has 0 amide bonds. The fourth-order valence-electron chi connectivity index (χ4n) is 2.90. The highest BCUT2D eigenvalue weighted by Crippen LogP contribution is 2.36. The third-order valence-electron chi connectivity index (χ3n) is 4.32. The molecule has 0 spiro atoms. The second kappa shape index (κ2) is 7.51. The van der Waals surface area contributed by atoms with Crippen molar-refractivity contribution < 1.29 is 17.3 Å². The van der Waals surface area contributed by atoms with Gasteiger partial charge in [0.15, 0.2) is 0 Å². The number of methoxy groups -OCH3 is 1. The average molecular weight is 373 g/mol. The Balaban J connectivity index is 2.15. The highest BCUT2D eigenvalue weighted by molar-refractivity contribution is 7.87. The monoisotopic (exact) mass is 373 g/mol. The van der Waals surface area contributed by atoms with Gasteiger partial charge in [0.05, 0.1) is 13.7 Å². The summed E-state index contributed by atoms with van der Waals surface area (Å²) in [6, 6.07) is 11.0. The van der Waals surface area contributed by atoms with Crippen molar-refractivity contribution in [3.8, 4) is 16.9 Å². The van der Waals surface area contributed by atoms with Crippen LogP contribution in [0.3, 0.4) is 0 Å². The molecule has 5 nitrogen and oxygen atoms in total. The normalized spacial score (nSPS) is 11.8. The first-order valence-electron chi connectivity index (χ1n) is 8.62. The van der Waals surface area contributed by atoms with Crippen LogP contribution in [0.4, 0.5) is 0 Å². The molecule has 0 radical (unpaired) electrons. The van der Waals surface area contributed by atoms with Crippen molar-refractivity contribution in [1.82, 2.24) is 4.98 Å². The summed E-state index contributed by atoms with van der Waals surface area (Å²) < 4.78 is 36.0. The van der Waals surface area contributed by atoms with Crippen LogP contribution in [-0.2, 0) is 14.3 Å². The third kappa shape index (κ3) is 3.61. The number of ether oxygens (including phenoxy) is 1. The van der Waals surface area contributed by atoms with Crippen LogP contribution in [-0.4, -0.2) is 27.1 Å². The molecule has 1 heterocycles. The first kappa shape index (κ1) is 18.5. The molecule has 3 rings (SSSR count). The Morgan fingerprint density at radius 2 is 1.88 bits per heavy atom. The van der Waals surface area contributed by atoms with Gasteiger partial charge in [0.25, 0.3) is 10.1 Å². The minimum Gasteiger partial charge on any atom is -0.497 e. The molecule has 1 aromatic heterocycles. The zero-order chi connectivity index (χ0) is 18.7. The Labute approximate surface area is 154 Å². The number of nitrogens with one attached hydrogen (secondary N) is 1. The highest BCUT2D eigenvalue weighted by Gasteiger charge is 2.22. The Kier molecular flexibility index (Phi) is 5.34. The molecule has 6 heteroatoms. The van der Waals surface area contributed by atoms with Crippen LogP contribution in [0.25, 0.3) is 22.0 Å². The molecule has 0 aliphatic carbocycles. The van der Waals surface area contributed by atoms with Crippen molar-refractivity contribution >= 4 is 21.0 Å². The van der Waals surface area contributed by atoms with Gasteiger partial charge in [-0.2, -0.15) is 8.42 Å². The SMILES string of the molecule is CCCCOS(=O)(=O)c1ccc(C)cc1-c1c[nH]c2ccc(OC)cc12. The lowest BCUT2D eigenvalue weighted by atomic mass is 10.0. The molecule has 26 heavy (non-hydrogen) atoms. The summed E-state index contributed by atoms with van der Waals surface area (Å²) >= 11 is 0. The van der Waals surface area contributed by atoms with Crippen LogP contribution in [0.15, 0.2) is 47.5 Å². The molecule has 0 unspecified atom stereocenters. The van der Waals surface area contributed by atoms with E-state index in [4.69, 9.17) is 8.92 Å². The molecule has 0 aliphatic rings. The van der Waals surface area contributed by atoms with Crippen LogP contribution >= 0.6 is 0 Å². The average Bonchev–Trinajstić information content (AvgIpc) is 3.04. The summed E-state index contributed by atoms with van der Waals surface area (Å²) in [5.74, 6) is 0.717. The summed E-state index contributed by atoms with van der Waals surface area (Å²) in [7, 11) is -2.23. The Morgan fingerprint density at radius 1 is 1.08 bits per heavy atom. The van der Waals surface area contributed by atoms with E-state index >= 15 is 0 Å². The summed E-state index contributed by atoms with van der Waals surface area (Å²) in [5, 5.41) is 0.903. The van der Waals surface area contributed by atoms with E-state index in [0.717, 1.165) is 34.2 Å². The largest absolute Gasteiger partial charge is 0.497 e. The molecule has 0 saturated carbocycles. The van der Waals surface area contributed by atoms with Crippen molar-refractivity contribution in [2.24, 2.45) is 0 Å². The van der Waals surface area contributed by atoms with Crippen LogP contribution < -0.4 is 4.74 Å². The fourth-order valence-corrected chi connectivity index (χ4v) is 4.04. The predicted molar refractivity (Wildman–Crippen MR) is 103 cm³/mol. The van der Waals surface area contributed by atoms with E-state index in [1.807, 2.05) is 44.3 Å². The quantitative estimate of drug-likeness (QED) is 0.483. The third-order valence-corrected chi connectivity index (χ3v) is 5.69. The number of aryl methyl sites for hydroxylation is 1. The second-order valence-corrected chi connectivity index (χ2v) is 7.83. The Hall–Kier alpha value is -2.31. The number of rotatable bonds is 7. The van der Waals surface area contributed by atoms with Crippen molar-refractivity contribution in [3.63, 3.8) is 0 Å². The minimum absolute atomic E-state index is 0.183. The van der Waals surface area contributed by atoms with Gasteiger partial charge in [0.2, 0.25) is 0 Å². The number of fused-ring (bicyclic) bond motifs is 1. The number of aromatic amines is 1. The van der Waals surface area contributed by atoms with Crippen LogP contribution in [0.5, 0.6) is 5.75 Å². The zero-order valence-corrected chi connectivity index (χ0v) is 16.0. The van der Waals surface area contributed by atoms with Crippen LogP contribution in [0, 0.1) is 6.92 Å². The molecular weight excluding hydrogens is 350 g/mol. The maximum atomic E-state index is 12.7. The van der Waals surface area contributed by atoms with Crippen LogP contribution in [0.1, 0.15) is 25.3 Å². The Bertz CT molecular complexity index is 1020. The van der Waals surface area contributed by atoms with Crippen molar-refractivity contribution in [3.05, 3.63) is 48.2 Å². The van der Waals surface area contributed by atoms with Crippen LogP contribution in [0.2, 0.25) is 0 Å². The zero-order valence-electron chi connectivity index (χ0n) is 15.2. The van der Waals surface area contributed by atoms with E-state index in [1.54, 1.807) is 19.2 Å². The molecule has 138 valence electrons. The molecule has 2 aromatic carbocycles. The number of aromatic nitrogens is 1. The minimum atomic E-state index is -3.84. The lowest BCUT2D eigenvalue weighted by Crippen LogP contribution is -2.09. The van der Waals surface area contributed by atoms with Gasteiger partial charge in [-0.3, -0.25) is 4.18 Å². The molecule has 0 aliphatic heterocycles. The lowest BCUT2D eigenvalue weighted by Gasteiger charge is -2.11. The number of unbranched alkanes of at least 4 members (excludes halogenated alkanes) is 1. The second-order valence-electron chi connectivity index (χ2n) is 6.24. The van der Waals surface area contributed by atoms with E-state index in [2.05, 4.69) is 4.98 Å². The fraction of sp³-hybridized carbons (Fsp3) is 0.300. The van der Waals surface area contributed by atoms with Gasteiger partial charge in [-0.1, -0.05) is 25.0 Å². The summed E-state index contributed by atoms with van der Waals surface area (Å²) in [6.07, 6.45) is 3.40. The number of hydrogen-bond acceptors (Lipinski definition) is 4. The molecular formula is C20H23NO4S. The maximum Gasteiger partial charge on any atom is 0.297 e. The van der Waals surface area contributed by atoms with E-state index in [9.17, 15) is 8.42 Å². The van der Waals surface area contributed by atoms with E-state index in [0.29, 0.717) is 12.0 Å². The maximum absolute atomic E-state index is 12.7. The number of H-pyrrole nitrogens is 1. The lowest BCUT2D eigenvalue weighted by molar-refractivity contribution is 0.311. The summed E-state index contributed by atoms with van der Waals surface area (Å²) in [6.45, 7) is 4.12. The van der Waals surface area contributed by atoms with E-state index < -0.39 is 10.1 Å². The van der Waals surface area contributed by atoms with Gasteiger partial charge in [0.1, 0.15) is 10.6 Å². The van der Waals surface area contributed by atoms with E-state index in [-0.39, 0.29) is 11.5 Å². The van der Waals surface area contributed by atoms with Gasteiger partial charge >= 0.3 is 0 Å².